The highest BCUT2D eigenvalue weighted by Gasteiger charge is 1.99. The lowest BCUT2D eigenvalue weighted by Gasteiger charge is -2.08. The Morgan fingerprint density at radius 1 is 0.429 bits per heavy atom. The largest absolute Gasteiger partial charge is 0.467 e. The molecule has 35 heavy (non-hydrogen) atoms. The summed E-state index contributed by atoms with van der Waals surface area (Å²) in [4.78, 5) is 10.8. The molecule has 0 aliphatic rings. The van der Waals surface area contributed by atoms with Crippen molar-refractivity contribution >= 4 is 5.97 Å². The summed E-state index contributed by atoms with van der Waals surface area (Å²) in [5.41, 5.74) is 0. The van der Waals surface area contributed by atoms with Crippen LogP contribution in [0.1, 0.15) is 26.2 Å². The van der Waals surface area contributed by atoms with Gasteiger partial charge in [-0.2, -0.15) is 0 Å². The van der Waals surface area contributed by atoms with E-state index >= 15 is 0 Å². The fourth-order valence-electron chi connectivity index (χ4n) is 2.43. The molecule has 0 aromatic heterocycles. The molecule has 0 saturated carbocycles. The van der Waals surface area contributed by atoms with Gasteiger partial charge in [-0.25, -0.2) is 4.79 Å². The van der Waals surface area contributed by atoms with Crippen LogP contribution in [0, 0.1) is 0 Å². The summed E-state index contributed by atoms with van der Waals surface area (Å²) in [6.45, 7) is 11.1. The van der Waals surface area contributed by atoms with Crippen LogP contribution in [0.15, 0.2) is 0 Å². The van der Waals surface area contributed by atoms with Gasteiger partial charge in [-0.15, -0.1) is 0 Å². The van der Waals surface area contributed by atoms with Crippen molar-refractivity contribution in [2.45, 2.75) is 26.2 Å². The molecule has 11 nitrogen and oxygen atoms in total. The van der Waals surface area contributed by atoms with Gasteiger partial charge in [0.25, 0.3) is 0 Å². The lowest BCUT2D eigenvalue weighted by molar-refractivity contribution is -0.146. The molecule has 0 N–H and O–H groups in total. The van der Waals surface area contributed by atoms with Crippen LogP contribution in [0.2, 0.25) is 0 Å². The first-order valence-corrected chi connectivity index (χ1v) is 12.6. The number of hydrogen-bond acceptors (Lipinski definition) is 11. The van der Waals surface area contributed by atoms with Crippen LogP contribution < -0.4 is 0 Å². The van der Waals surface area contributed by atoms with E-state index in [9.17, 15) is 4.79 Å². The average Bonchev–Trinajstić information content (AvgIpc) is 2.87. The molecule has 0 aromatic carbocycles. The first-order valence-electron chi connectivity index (χ1n) is 12.6. The molecule has 0 spiro atoms. The number of hydrogen-bond donors (Lipinski definition) is 0. The zero-order chi connectivity index (χ0) is 25.5. The summed E-state index contributed by atoms with van der Waals surface area (Å²) in [5, 5.41) is 0. The smallest absolute Gasteiger partial charge is 0.331 e. The fourth-order valence-corrected chi connectivity index (χ4v) is 2.43. The summed E-state index contributed by atoms with van der Waals surface area (Å²) in [7, 11) is 1.32. The third-order valence-electron chi connectivity index (χ3n) is 4.32. The van der Waals surface area contributed by atoms with E-state index in [2.05, 4.69) is 11.7 Å². The Morgan fingerprint density at radius 2 is 0.714 bits per heavy atom. The van der Waals surface area contributed by atoms with Crippen LogP contribution in [-0.2, 0) is 52.2 Å². The van der Waals surface area contributed by atoms with E-state index in [1.807, 2.05) is 0 Å². The lowest BCUT2D eigenvalue weighted by atomic mass is 10.3. The number of carbonyl (C=O) groups is 1. The molecule has 0 atom stereocenters. The Bertz CT molecular complexity index is 413. The van der Waals surface area contributed by atoms with E-state index in [1.54, 1.807) is 0 Å². The first kappa shape index (κ1) is 34.1. The van der Waals surface area contributed by atoms with Crippen LogP contribution in [0.25, 0.3) is 0 Å². The van der Waals surface area contributed by atoms with Crippen LogP contribution in [0.3, 0.4) is 0 Å². The normalized spacial score (nSPS) is 11.3. The first-order chi connectivity index (χ1) is 17.3. The molecule has 0 unspecified atom stereocenters. The second kappa shape index (κ2) is 31.1. The molecule has 0 bridgehead atoms. The van der Waals surface area contributed by atoms with Crippen molar-refractivity contribution < 1.29 is 52.2 Å². The van der Waals surface area contributed by atoms with Gasteiger partial charge >= 0.3 is 5.97 Å². The summed E-state index contributed by atoms with van der Waals surface area (Å²) in [6.07, 6.45) is 3.54. The van der Waals surface area contributed by atoms with Crippen LogP contribution in [0.4, 0.5) is 0 Å². The standard InChI is InChI=1S/C24H48O11/c1-3-4-5-6-27-7-8-28-9-10-29-11-12-30-13-14-31-15-16-32-17-18-33-19-20-34-21-22-35-23-24(25)26-2/h3-23H2,1-2H3. The van der Waals surface area contributed by atoms with E-state index in [1.165, 1.54) is 20.0 Å². The molecular weight excluding hydrogens is 464 g/mol. The zero-order valence-corrected chi connectivity index (χ0v) is 21.8. The second-order valence-electron chi connectivity index (χ2n) is 7.23. The summed E-state index contributed by atoms with van der Waals surface area (Å²) < 4.78 is 52.8. The van der Waals surface area contributed by atoms with Crippen LogP contribution in [-0.4, -0.2) is 132 Å². The Balaban J connectivity index is 3.02. The molecule has 0 radical (unpaired) electrons. The van der Waals surface area contributed by atoms with Crippen molar-refractivity contribution in [1.82, 2.24) is 0 Å². The van der Waals surface area contributed by atoms with Crippen LogP contribution in [0.5, 0.6) is 0 Å². The van der Waals surface area contributed by atoms with Crippen molar-refractivity contribution in [2.75, 3.05) is 126 Å². The van der Waals surface area contributed by atoms with E-state index in [4.69, 9.17) is 42.6 Å². The monoisotopic (exact) mass is 512 g/mol. The molecule has 0 saturated heterocycles. The van der Waals surface area contributed by atoms with Crippen molar-refractivity contribution in [2.24, 2.45) is 0 Å². The van der Waals surface area contributed by atoms with E-state index in [0.29, 0.717) is 106 Å². The second-order valence-corrected chi connectivity index (χ2v) is 7.23. The third-order valence-corrected chi connectivity index (χ3v) is 4.32. The number of carbonyl (C=O) groups excluding carboxylic acids is 1. The number of rotatable bonds is 30. The third kappa shape index (κ3) is 31.1. The number of unbranched alkanes of at least 4 members (excludes halogenated alkanes) is 2. The van der Waals surface area contributed by atoms with Crippen molar-refractivity contribution in [3.05, 3.63) is 0 Å². The number of methoxy groups -OCH3 is 1. The highest BCUT2D eigenvalue weighted by atomic mass is 16.6. The van der Waals surface area contributed by atoms with Crippen LogP contribution >= 0.6 is 0 Å². The van der Waals surface area contributed by atoms with Gasteiger partial charge in [0.15, 0.2) is 0 Å². The number of ether oxygens (including phenoxy) is 10. The SMILES string of the molecule is CCCCCOCCOCCOCCOCCOCCOCCOCCOCCOCC(=O)OC. The van der Waals surface area contributed by atoms with Gasteiger partial charge in [-0.1, -0.05) is 19.8 Å². The quantitative estimate of drug-likeness (QED) is 0.103. The lowest BCUT2D eigenvalue weighted by Crippen LogP contribution is -2.16. The number of esters is 1. The van der Waals surface area contributed by atoms with Gasteiger partial charge in [0, 0.05) is 6.61 Å². The van der Waals surface area contributed by atoms with Crippen molar-refractivity contribution in [3.8, 4) is 0 Å². The molecule has 0 rings (SSSR count). The molecular formula is C24H48O11. The van der Waals surface area contributed by atoms with Gasteiger partial charge in [0.1, 0.15) is 6.61 Å². The van der Waals surface area contributed by atoms with Gasteiger partial charge in [0.05, 0.1) is 113 Å². The molecule has 210 valence electrons. The minimum Gasteiger partial charge on any atom is -0.467 e. The predicted octanol–water partition coefficient (Wildman–Crippen LogP) is 1.50. The summed E-state index contributed by atoms with van der Waals surface area (Å²) >= 11 is 0. The molecule has 0 aliphatic heterocycles. The van der Waals surface area contributed by atoms with Gasteiger partial charge < -0.3 is 47.4 Å². The van der Waals surface area contributed by atoms with Gasteiger partial charge in [0.2, 0.25) is 0 Å². The van der Waals surface area contributed by atoms with Crippen molar-refractivity contribution in [3.63, 3.8) is 0 Å². The van der Waals surface area contributed by atoms with E-state index < -0.39 is 5.97 Å². The molecule has 0 amide bonds. The zero-order valence-electron chi connectivity index (χ0n) is 21.8. The maximum atomic E-state index is 10.8. The molecule has 0 aromatic rings. The Morgan fingerprint density at radius 3 is 1.00 bits per heavy atom. The van der Waals surface area contributed by atoms with Gasteiger partial charge in [-0.05, 0) is 6.42 Å². The highest BCUT2D eigenvalue weighted by molar-refractivity contribution is 5.70. The Labute approximate surface area is 210 Å². The maximum absolute atomic E-state index is 10.8. The van der Waals surface area contributed by atoms with Crippen molar-refractivity contribution in [1.29, 1.82) is 0 Å². The Hall–Kier alpha value is -0.890. The highest BCUT2D eigenvalue weighted by Crippen LogP contribution is 1.94. The average molecular weight is 513 g/mol. The minimum absolute atomic E-state index is 0.0634. The summed E-state index contributed by atoms with van der Waals surface area (Å²) in [6, 6.07) is 0. The summed E-state index contributed by atoms with van der Waals surface area (Å²) in [5.74, 6) is -0.402. The molecule has 0 fully saturated rings. The fraction of sp³-hybridized carbons (Fsp3) is 0.958. The predicted molar refractivity (Wildman–Crippen MR) is 129 cm³/mol. The topological polar surface area (TPSA) is 109 Å². The van der Waals surface area contributed by atoms with Gasteiger partial charge in [-0.3, -0.25) is 0 Å². The maximum Gasteiger partial charge on any atom is 0.331 e. The minimum atomic E-state index is -0.402. The molecule has 11 heteroatoms. The Kier molecular flexibility index (Phi) is 30.3. The molecule has 0 heterocycles. The molecule has 0 aliphatic carbocycles. The van der Waals surface area contributed by atoms with E-state index in [-0.39, 0.29) is 6.61 Å². The van der Waals surface area contributed by atoms with E-state index in [0.717, 1.165) is 13.0 Å².